The Bertz CT molecular complexity index is 569. The van der Waals surface area contributed by atoms with Crippen molar-refractivity contribution >= 4 is 5.91 Å². The Hall–Kier alpha value is -1.50. The largest absolute Gasteiger partial charge is 0.382 e. The summed E-state index contributed by atoms with van der Waals surface area (Å²) in [7, 11) is 1.67. The summed E-state index contributed by atoms with van der Waals surface area (Å²) in [6.07, 6.45) is 1.44. The fourth-order valence-electron chi connectivity index (χ4n) is 3.58. The van der Waals surface area contributed by atoms with Crippen molar-refractivity contribution in [3.8, 4) is 0 Å². The van der Waals surface area contributed by atoms with Crippen molar-refractivity contribution < 1.29 is 18.7 Å². The second-order valence-electron chi connectivity index (χ2n) is 6.52. The number of hydrogen-bond donors (Lipinski definition) is 0. The van der Waals surface area contributed by atoms with Gasteiger partial charge in [-0.2, -0.15) is 0 Å². The molecule has 0 bridgehead atoms. The van der Waals surface area contributed by atoms with Crippen LogP contribution in [-0.2, 0) is 20.7 Å². The highest BCUT2D eigenvalue weighted by Crippen LogP contribution is 2.24. The molecule has 0 N–H and O–H groups in total. The van der Waals surface area contributed by atoms with Crippen molar-refractivity contribution in [2.45, 2.75) is 25.0 Å². The molecule has 2 atom stereocenters. The van der Waals surface area contributed by atoms with Gasteiger partial charge in [0.1, 0.15) is 5.82 Å². The lowest BCUT2D eigenvalue weighted by Gasteiger charge is -2.37. The van der Waals surface area contributed by atoms with E-state index in [2.05, 4.69) is 4.90 Å². The topological polar surface area (TPSA) is 42.0 Å². The molecule has 1 aromatic rings. The highest BCUT2D eigenvalue weighted by Gasteiger charge is 2.37. The Morgan fingerprint density at radius 2 is 2.17 bits per heavy atom. The quantitative estimate of drug-likeness (QED) is 0.735. The van der Waals surface area contributed by atoms with Gasteiger partial charge in [-0.3, -0.25) is 9.69 Å². The van der Waals surface area contributed by atoms with Gasteiger partial charge in [0, 0.05) is 39.3 Å². The standard InChI is InChI=1S/C18H25FN2O3/c1-23-7-8-24-17-11-16-12-21(6-5-20(16)13-17)18(22)10-14-3-2-4-15(19)9-14/h2-4,9,16-17H,5-8,10-13H2,1H3/t16-,17+/m0/s1. The average Bonchev–Trinajstić information content (AvgIpc) is 2.97. The van der Waals surface area contributed by atoms with Crippen molar-refractivity contribution in [1.82, 2.24) is 9.80 Å². The van der Waals surface area contributed by atoms with Crippen LogP contribution in [-0.4, -0.2) is 74.4 Å². The van der Waals surface area contributed by atoms with E-state index in [-0.39, 0.29) is 24.2 Å². The molecular formula is C18H25FN2O3. The Morgan fingerprint density at radius 1 is 1.29 bits per heavy atom. The Kier molecular flexibility index (Phi) is 5.81. The molecule has 0 saturated carbocycles. The van der Waals surface area contributed by atoms with Crippen molar-refractivity contribution in [2.75, 3.05) is 46.5 Å². The number of methoxy groups -OCH3 is 1. The minimum Gasteiger partial charge on any atom is -0.382 e. The summed E-state index contributed by atoms with van der Waals surface area (Å²) in [5.41, 5.74) is 0.731. The first-order valence-corrected chi connectivity index (χ1v) is 8.52. The van der Waals surface area contributed by atoms with Gasteiger partial charge in [-0.25, -0.2) is 4.39 Å². The van der Waals surface area contributed by atoms with Gasteiger partial charge in [0.25, 0.3) is 0 Å². The Labute approximate surface area is 142 Å². The number of amides is 1. The number of carbonyl (C=O) groups excluding carboxylic acids is 1. The molecule has 0 spiro atoms. The predicted molar refractivity (Wildman–Crippen MR) is 88.3 cm³/mol. The second kappa shape index (κ2) is 8.05. The first-order chi connectivity index (χ1) is 11.7. The molecule has 2 fully saturated rings. The third-order valence-electron chi connectivity index (χ3n) is 4.82. The van der Waals surface area contributed by atoms with Crippen LogP contribution in [0.15, 0.2) is 24.3 Å². The number of carbonyl (C=O) groups is 1. The van der Waals surface area contributed by atoms with Crippen molar-refractivity contribution in [2.24, 2.45) is 0 Å². The summed E-state index contributed by atoms with van der Waals surface area (Å²) in [5, 5.41) is 0. The molecule has 0 radical (unpaired) electrons. The highest BCUT2D eigenvalue weighted by molar-refractivity contribution is 5.79. The maximum Gasteiger partial charge on any atom is 0.227 e. The van der Waals surface area contributed by atoms with Crippen LogP contribution in [0.25, 0.3) is 0 Å². The van der Waals surface area contributed by atoms with Gasteiger partial charge in [-0.15, -0.1) is 0 Å². The second-order valence-corrected chi connectivity index (χ2v) is 6.52. The highest BCUT2D eigenvalue weighted by atomic mass is 19.1. The summed E-state index contributed by atoms with van der Waals surface area (Å²) in [5.74, 6) is -0.221. The summed E-state index contributed by atoms with van der Waals surface area (Å²) in [4.78, 5) is 16.8. The number of nitrogens with zero attached hydrogens (tertiary/aromatic N) is 2. The molecule has 1 aromatic carbocycles. The Balaban J connectivity index is 1.50. The summed E-state index contributed by atoms with van der Waals surface area (Å²) in [6, 6.07) is 6.64. The number of ether oxygens (including phenoxy) is 2. The fourth-order valence-corrected chi connectivity index (χ4v) is 3.58. The molecule has 3 rings (SSSR count). The molecule has 5 nitrogen and oxygen atoms in total. The molecular weight excluding hydrogens is 311 g/mol. The van der Waals surface area contributed by atoms with Crippen molar-refractivity contribution in [3.63, 3.8) is 0 Å². The molecule has 2 aliphatic heterocycles. The molecule has 0 aromatic heterocycles. The zero-order valence-electron chi connectivity index (χ0n) is 14.1. The number of hydrogen-bond acceptors (Lipinski definition) is 4. The van der Waals surface area contributed by atoms with Gasteiger partial charge in [0.2, 0.25) is 5.91 Å². The van der Waals surface area contributed by atoms with E-state index in [9.17, 15) is 9.18 Å². The zero-order chi connectivity index (χ0) is 16.9. The van der Waals surface area contributed by atoms with Gasteiger partial charge in [-0.05, 0) is 24.1 Å². The first kappa shape index (κ1) is 17.3. The van der Waals surface area contributed by atoms with E-state index in [0.717, 1.165) is 38.2 Å². The molecule has 2 heterocycles. The summed E-state index contributed by atoms with van der Waals surface area (Å²) in [6.45, 7) is 4.50. The van der Waals surface area contributed by atoms with Crippen LogP contribution in [0, 0.1) is 5.82 Å². The van der Waals surface area contributed by atoms with E-state index in [4.69, 9.17) is 9.47 Å². The van der Waals surface area contributed by atoms with E-state index >= 15 is 0 Å². The molecule has 132 valence electrons. The van der Waals surface area contributed by atoms with Crippen LogP contribution < -0.4 is 0 Å². The third kappa shape index (κ3) is 4.32. The van der Waals surface area contributed by atoms with Crippen LogP contribution in [0.5, 0.6) is 0 Å². The first-order valence-electron chi connectivity index (χ1n) is 8.52. The van der Waals surface area contributed by atoms with Crippen molar-refractivity contribution in [3.05, 3.63) is 35.6 Å². The number of halogens is 1. The number of piperazine rings is 1. The van der Waals surface area contributed by atoms with Gasteiger partial charge in [0.05, 0.1) is 25.7 Å². The van der Waals surface area contributed by atoms with Gasteiger partial charge in [0.15, 0.2) is 0 Å². The van der Waals surface area contributed by atoms with Crippen LogP contribution in [0.1, 0.15) is 12.0 Å². The fraction of sp³-hybridized carbons (Fsp3) is 0.611. The minimum absolute atomic E-state index is 0.0731. The van der Waals surface area contributed by atoms with E-state index < -0.39 is 0 Å². The molecule has 6 heteroatoms. The van der Waals surface area contributed by atoms with E-state index in [0.29, 0.717) is 19.3 Å². The van der Waals surface area contributed by atoms with Gasteiger partial charge >= 0.3 is 0 Å². The van der Waals surface area contributed by atoms with Crippen molar-refractivity contribution in [1.29, 1.82) is 0 Å². The normalized spacial score (nSPS) is 24.2. The third-order valence-corrected chi connectivity index (χ3v) is 4.82. The molecule has 2 saturated heterocycles. The molecule has 24 heavy (non-hydrogen) atoms. The zero-order valence-corrected chi connectivity index (χ0v) is 14.1. The van der Waals surface area contributed by atoms with E-state index in [1.807, 2.05) is 4.90 Å². The Morgan fingerprint density at radius 3 is 2.96 bits per heavy atom. The maximum atomic E-state index is 13.3. The maximum absolute atomic E-state index is 13.3. The lowest BCUT2D eigenvalue weighted by Crippen LogP contribution is -2.52. The number of benzene rings is 1. The molecule has 0 aliphatic carbocycles. The molecule has 0 unspecified atom stereocenters. The lowest BCUT2D eigenvalue weighted by molar-refractivity contribution is -0.133. The summed E-state index contributed by atoms with van der Waals surface area (Å²) >= 11 is 0. The average molecular weight is 336 g/mol. The van der Waals surface area contributed by atoms with Crippen LogP contribution >= 0.6 is 0 Å². The molecule has 2 aliphatic rings. The lowest BCUT2D eigenvalue weighted by atomic mass is 10.1. The number of rotatable bonds is 6. The molecule has 1 amide bonds. The smallest absolute Gasteiger partial charge is 0.227 e. The summed E-state index contributed by atoms with van der Waals surface area (Å²) < 4.78 is 24.1. The SMILES string of the molecule is COCCO[C@@H]1C[C@H]2CN(C(=O)Cc3cccc(F)c3)CCN2C1. The van der Waals surface area contributed by atoms with Crippen LogP contribution in [0.3, 0.4) is 0 Å². The van der Waals surface area contributed by atoms with Crippen LogP contribution in [0.4, 0.5) is 4.39 Å². The van der Waals surface area contributed by atoms with Gasteiger partial charge < -0.3 is 14.4 Å². The minimum atomic E-state index is -0.294. The number of fused-ring (bicyclic) bond motifs is 1. The van der Waals surface area contributed by atoms with E-state index in [1.165, 1.54) is 12.1 Å². The van der Waals surface area contributed by atoms with Crippen LogP contribution in [0.2, 0.25) is 0 Å². The van der Waals surface area contributed by atoms with E-state index in [1.54, 1.807) is 19.2 Å². The predicted octanol–water partition coefficient (Wildman–Crippen LogP) is 1.32. The monoisotopic (exact) mass is 336 g/mol. The van der Waals surface area contributed by atoms with Gasteiger partial charge in [-0.1, -0.05) is 12.1 Å².